The van der Waals surface area contributed by atoms with E-state index in [9.17, 15) is 9.59 Å². The Morgan fingerprint density at radius 3 is 2.72 bits per heavy atom. The zero-order valence-electron chi connectivity index (χ0n) is 15.6. The molecule has 3 aromatic heterocycles. The molecule has 0 aliphatic heterocycles. The second kappa shape index (κ2) is 7.93. The molecule has 3 heterocycles. The van der Waals surface area contributed by atoms with Gasteiger partial charge in [-0.15, -0.1) is 0 Å². The summed E-state index contributed by atoms with van der Waals surface area (Å²) in [5, 5.41) is 4.71. The average Bonchev–Trinajstić information content (AvgIpc) is 3.36. The van der Waals surface area contributed by atoms with Crippen LogP contribution < -0.4 is 10.9 Å². The minimum absolute atomic E-state index is 0.0911. The van der Waals surface area contributed by atoms with Gasteiger partial charge in [0.25, 0.3) is 5.91 Å². The van der Waals surface area contributed by atoms with E-state index in [2.05, 4.69) is 26.0 Å². The fourth-order valence-corrected chi connectivity index (χ4v) is 2.97. The number of aryl methyl sites for hydroxylation is 2. The Balaban J connectivity index is 1.31. The first-order chi connectivity index (χ1) is 14.1. The van der Waals surface area contributed by atoms with Gasteiger partial charge < -0.3 is 9.09 Å². The number of carbonyl (C=O) groups excluding carboxylic acids is 2. The molecule has 9 heteroatoms. The lowest BCUT2D eigenvalue weighted by molar-refractivity contribution is -0.121. The number of para-hydroxylation sites is 1. The molecule has 29 heavy (non-hydrogen) atoms. The van der Waals surface area contributed by atoms with Crippen LogP contribution in [0.3, 0.4) is 0 Å². The number of aromatic nitrogens is 4. The number of amides is 2. The standard InChI is InChI=1S/C20H18N6O3/c1-26-12-15(14-4-2-3-5-16(14)26)20(28)24-23-17(27)6-7-18-22-19(25-29-18)13-8-10-21-11-9-13/h2-5,8-12H,6-7H2,1H3,(H,23,27)(H,24,28). The lowest BCUT2D eigenvalue weighted by atomic mass is 10.2. The topological polar surface area (TPSA) is 115 Å². The molecule has 0 spiro atoms. The normalized spacial score (nSPS) is 10.8. The van der Waals surface area contributed by atoms with Gasteiger partial charge in [-0.05, 0) is 18.2 Å². The van der Waals surface area contributed by atoms with Crippen molar-refractivity contribution in [3.63, 3.8) is 0 Å². The first kappa shape index (κ1) is 18.4. The molecule has 0 saturated carbocycles. The van der Waals surface area contributed by atoms with Crippen molar-refractivity contribution in [2.75, 3.05) is 0 Å². The van der Waals surface area contributed by atoms with Gasteiger partial charge in [-0.2, -0.15) is 4.98 Å². The third-order valence-electron chi connectivity index (χ3n) is 4.43. The Hall–Kier alpha value is -4.01. The maximum atomic E-state index is 12.4. The Morgan fingerprint density at radius 2 is 1.90 bits per heavy atom. The average molecular weight is 390 g/mol. The highest BCUT2D eigenvalue weighted by atomic mass is 16.5. The lowest BCUT2D eigenvalue weighted by Gasteiger charge is -2.06. The van der Waals surface area contributed by atoms with Gasteiger partial charge >= 0.3 is 0 Å². The molecule has 0 saturated heterocycles. The number of pyridine rings is 1. The van der Waals surface area contributed by atoms with Crippen molar-refractivity contribution in [1.29, 1.82) is 0 Å². The van der Waals surface area contributed by atoms with Crippen molar-refractivity contribution >= 4 is 22.7 Å². The largest absolute Gasteiger partial charge is 0.350 e. The molecule has 9 nitrogen and oxygen atoms in total. The summed E-state index contributed by atoms with van der Waals surface area (Å²) < 4.78 is 7.03. The quantitative estimate of drug-likeness (QED) is 0.504. The molecule has 1 aromatic carbocycles. The Labute approximate surface area is 165 Å². The predicted molar refractivity (Wildman–Crippen MR) is 104 cm³/mol. The molecule has 2 N–H and O–H groups in total. The maximum absolute atomic E-state index is 12.4. The summed E-state index contributed by atoms with van der Waals surface area (Å²) in [6.45, 7) is 0. The number of benzene rings is 1. The summed E-state index contributed by atoms with van der Waals surface area (Å²) in [7, 11) is 1.86. The summed E-state index contributed by atoms with van der Waals surface area (Å²) in [5.41, 5.74) is 7.07. The molecule has 4 rings (SSSR count). The van der Waals surface area contributed by atoms with E-state index in [0.717, 1.165) is 16.5 Å². The van der Waals surface area contributed by atoms with E-state index in [0.29, 0.717) is 17.3 Å². The molecule has 0 unspecified atom stereocenters. The van der Waals surface area contributed by atoms with Crippen molar-refractivity contribution in [2.45, 2.75) is 12.8 Å². The molecule has 0 fully saturated rings. The van der Waals surface area contributed by atoms with Crippen LogP contribution in [-0.2, 0) is 18.3 Å². The highest BCUT2D eigenvalue weighted by Crippen LogP contribution is 2.20. The van der Waals surface area contributed by atoms with Crippen LogP contribution in [0.15, 0.2) is 59.5 Å². The van der Waals surface area contributed by atoms with E-state index in [4.69, 9.17) is 4.52 Å². The molecule has 4 aromatic rings. The second-order valence-electron chi connectivity index (χ2n) is 6.42. The van der Waals surface area contributed by atoms with Gasteiger partial charge in [0, 0.05) is 54.9 Å². The summed E-state index contributed by atoms with van der Waals surface area (Å²) in [4.78, 5) is 32.7. The second-order valence-corrected chi connectivity index (χ2v) is 6.42. The molecule has 0 aliphatic rings. The Bertz CT molecular complexity index is 1170. The van der Waals surface area contributed by atoms with Crippen LogP contribution in [0.1, 0.15) is 22.7 Å². The van der Waals surface area contributed by atoms with Crippen LogP contribution in [0.4, 0.5) is 0 Å². The van der Waals surface area contributed by atoms with E-state index in [1.54, 1.807) is 30.7 Å². The van der Waals surface area contributed by atoms with Crippen molar-refractivity contribution in [3.8, 4) is 11.4 Å². The van der Waals surface area contributed by atoms with Crippen molar-refractivity contribution in [3.05, 3.63) is 66.4 Å². The van der Waals surface area contributed by atoms with Crippen LogP contribution in [-0.4, -0.2) is 31.5 Å². The molecular formula is C20H18N6O3. The number of carbonyl (C=O) groups is 2. The van der Waals surface area contributed by atoms with Gasteiger partial charge in [-0.25, -0.2) is 0 Å². The molecule has 0 atom stereocenters. The molecular weight excluding hydrogens is 372 g/mol. The number of hydrogen-bond acceptors (Lipinski definition) is 6. The SMILES string of the molecule is Cn1cc(C(=O)NNC(=O)CCc2nc(-c3ccncc3)no2)c2ccccc21. The predicted octanol–water partition coefficient (Wildman–Crippen LogP) is 2.02. The maximum Gasteiger partial charge on any atom is 0.271 e. The van der Waals surface area contributed by atoms with Crippen LogP contribution in [0.2, 0.25) is 0 Å². The first-order valence-corrected chi connectivity index (χ1v) is 8.98. The van der Waals surface area contributed by atoms with Gasteiger partial charge in [0.15, 0.2) is 0 Å². The third kappa shape index (κ3) is 3.98. The van der Waals surface area contributed by atoms with Gasteiger partial charge in [0.1, 0.15) is 0 Å². The van der Waals surface area contributed by atoms with Crippen LogP contribution >= 0.6 is 0 Å². The zero-order valence-corrected chi connectivity index (χ0v) is 15.6. The van der Waals surface area contributed by atoms with Crippen molar-refractivity contribution in [1.82, 2.24) is 30.5 Å². The highest BCUT2D eigenvalue weighted by Gasteiger charge is 2.15. The van der Waals surface area contributed by atoms with Crippen LogP contribution in [0.5, 0.6) is 0 Å². The van der Waals surface area contributed by atoms with E-state index < -0.39 is 0 Å². The van der Waals surface area contributed by atoms with Crippen molar-refractivity contribution in [2.24, 2.45) is 7.05 Å². The fraction of sp³-hybridized carbons (Fsp3) is 0.150. The summed E-state index contributed by atoms with van der Waals surface area (Å²) in [6, 6.07) is 11.1. The lowest BCUT2D eigenvalue weighted by Crippen LogP contribution is -2.41. The molecule has 0 radical (unpaired) electrons. The van der Waals surface area contributed by atoms with Crippen molar-refractivity contribution < 1.29 is 14.1 Å². The van der Waals surface area contributed by atoms with E-state index in [1.807, 2.05) is 35.9 Å². The minimum atomic E-state index is -0.382. The molecule has 2 amide bonds. The summed E-state index contributed by atoms with van der Waals surface area (Å²) in [5.74, 6) is 0.0366. The number of hydrogen-bond donors (Lipinski definition) is 2. The van der Waals surface area contributed by atoms with Gasteiger partial charge in [-0.3, -0.25) is 25.4 Å². The fourth-order valence-electron chi connectivity index (χ4n) is 2.97. The first-order valence-electron chi connectivity index (χ1n) is 8.98. The smallest absolute Gasteiger partial charge is 0.271 e. The van der Waals surface area contributed by atoms with Crippen LogP contribution in [0.25, 0.3) is 22.3 Å². The molecule has 0 bridgehead atoms. The Kier molecular flexibility index (Phi) is 5.02. The number of hydrazine groups is 1. The number of nitrogens with one attached hydrogen (secondary N) is 2. The zero-order chi connectivity index (χ0) is 20.2. The molecule has 0 aliphatic carbocycles. The monoisotopic (exact) mass is 390 g/mol. The molecule has 146 valence electrons. The number of fused-ring (bicyclic) bond motifs is 1. The summed E-state index contributed by atoms with van der Waals surface area (Å²) >= 11 is 0. The van der Waals surface area contributed by atoms with Gasteiger partial charge in [-0.1, -0.05) is 23.4 Å². The van der Waals surface area contributed by atoms with Gasteiger partial charge in [0.2, 0.25) is 17.6 Å². The van der Waals surface area contributed by atoms with E-state index in [-0.39, 0.29) is 24.7 Å². The van der Waals surface area contributed by atoms with Gasteiger partial charge in [0.05, 0.1) is 5.56 Å². The minimum Gasteiger partial charge on any atom is -0.350 e. The summed E-state index contributed by atoms with van der Waals surface area (Å²) in [6.07, 6.45) is 5.35. The van der Waals surface area contributed by atoms with Crippen LogP contribution in [0, 0.1) is 0 Å². The number of rotatable bonds is 5. The highest BCUT2D eigenvalue weighted by molar-refractivity contribution is 6.07. The van der Waals surface area contributed by atoms with E-state index in [1.165, 1.54) is 0 Å². The number of nitrogens with zero attached hydrogens (tertiary/aromatic N) is 4. The van der Waals surface area contributed by atoms with E-state index >= 15 is 0 Å². The Morgan fingerprint density at radius 1 is 1.10 bits per heavy atom. The third-order valence-corrected chi connectivity index (χ3v) is 4.43.